The van der Waals surface area contributed by atoms with Crippen LogP contribution >= 0.6 is 0 Å². The Labute approximate surface area is 122 Å². The Balaban J connectivity index is 2.12. The van der Waals surface area contributed by atoms with E-state index in [1.54, 1.807) is 0 Å². The lowest BCUT2D eigenvalue weighted by atomic mass is 9.84. The first-order valence-electron chi connectivity index (χ1n) is 7.39. The van der Waals surface area contributed by atoms with E-state index < -0.39 is 0 Å². The van der Waals surface area contributed by atoms with E-state index in [4.69, 9.17) is 0 Å². The molecule has 0 aliphatic rings. The van der Waals surface area contributed by atoms with E-state index in [-0.39, 0.29) is 5.41 Å². The topological polar surface area (TPSA) is 30.7 Å². The van der Waals surface area contributed by atoms with Crippen molar-refractivity contribution in [2.45, 2.75) is 59.4 Å². The van der Waals surface area contributed by atoms with E-state index >= 15 is 0 Å². The number of rotatable bonds is 4. The third kappa shape index (κ3) is 3.47. The molecule has 3 nitrogen and oxygen atoms in total. The largest absolute Gasteiger partial charge is 0.253 e. The van der Waals surface area contributed by atoms with Crippen LogP contribution in [0.3, 0.4) is 0 Å². The summed E-state index contributed by atoms with van der Waals surface area (Å²) in [5.41, 5.74) is 5.46. The van der Waals surface area contributed by atoms with Gasteiger partial charge in [-0.05, 0) is 48.8 Å². The van der Waals surface area contributed by atoms with Crippen LogP contribution in [0.15, 0.2) is 24.4 Å². The van der Waals surface area contributed by atoms with Gasteiger partial charge in [0.15, 0.2) is 0 Å². The summed E-state index contributed by atoms with van der Waals surface area (Å²) in [6, 6.07) is 6.82. The molecule has 20 heavy (non-hydrogen) atoms. The molecule has 0 amide bonds. The number of aromatic nitrogens is 3. The zero-order chi connectivity index (χ0) is 14.8. The number of hydrogen-bond acceptors (Lipinski definition) is 2. The van der Waals surface area contributed by atoms with Crippen LogP contribution in [0.4, 0.5) is 0 Å². The Morgan fingerprint density at radius 3 is 2.50 bits per heavy atom. The van der Waals surface area contributed by atoms with Crippen molar-refractivity contribution >= 4 is 0 Å². The lowest BCUT2D eigenvalue weighted by Gasteiger charge is -2.20. The molecule has 2 rings (SSSR count). The molecule has 0 spiro atoms. The summed E-state index contributed by atoms with van der Waals surface area (Å²) in [6.45, 7) is 11.9. The summed E-state index contributed by atoms with van der Waals surface area (Å²) in [5, 5.41) is 8.31. The van der Waals surface area contributed by atoms with E-state index in [0.29, 0.717) is 0 Å². The highest BCUT2D eigenvalue weighted by Gasteiger charge is 2.14. The average Bonchev–Trinajstić information content (AvgIpc) is 2.84. The lowest BCUT2D eigenvalue weighted by molar-refractivity contribution is 0.589. The van der Waals surface area contributed by atoms with Gasteiger partial charge < -0.3 is 0 Å². The molecule has 0 unspecified atom stereocenters. The molecule has 2 aromatic rings. The first-order chi connectivity index (χ1) is 9.40. The minimum absolute atomic E-state index is 0.202. The highest BCUT2D eigenvalue weighted by molar-refractivity contribution is 5.34. The number of hydrogen-bond donors (Lipinski definition) is 0. The highest BCUT2D eigenvalue weighted by atomic mass is 15.4. The van der Waals surface area contributed by atoms with Crippen LogP contribution in [0.25, 0.3) is 0 Å². The zero-order valence-corrected chi connectivity index (χ0v) is 13.3. The Morgan fingerprint density at radius 2 is 1.90 bits per heavy atom. The maximum Gasteiger partial charge on any atom is 0.0830 e. The Hall–Kier alpha value is -1.64. The predicted molar refractivity (Wildman–Crippen MR) is 83.0 cm³/mol. The first kappa shape index (κ1) is 14.8. The quantitative estimate of drug-likeness (QED) is 0.849. The molecule has 0 bridgehead atoms. The summed E-state index contributed by atoms with van der Waals surface area (Å²) in [5.74, 6) is 0. The van der Waals surface area contributed by atoms with Crippen molar-refractivity contribution in [2.75, 3.05) is 0 Å². The van der Waals surface area contributed by atoms with Crippen LogP contribution < -0.4 is 0 Å². The van der Waals surface area contributed by atoms with E-state index in [2.05, 4.69) is 63.1 Å². The van der Waals surface area contributed by atoms with Crippen LogP contribution in [0.1, 0.15) is 50.1 Å². The van der Waals surface area contributed by atoms with Crippen molar-refractivity contribution < 1.29 is 0 Å². The minimum Gasteiger partial charge on any atom is -0.253 e. The van der Waals surface area contributed by atoms with Crippen molar-refractivity contribution in [1.29, 1.82) is 0 Å². The molecule has 0 saturated carbocycles. The molecule has 0 fully saturated rings. The Bertz CT molecular complexity index is 576. The van der Waals surface area contributed by atoms with E-state index in [9.17, 15) is 0 Å². The molecule has 0 radical (unpaired) electrons. The second kappa shape index (κ2) is 5.78. The van der Waals surface area contributed by atoms with Crippen molar-refractivity contribution in [3.05, 3.63) is 46.8 Å². The Morgan fingerprint density at radius 1 is 1.15 bits per heavy atom. The van der Waals surface area contributed by atoms with Gasteiger partial charge in [-0.2, -0.15) is 0 Å². The smallest absolute Gasteiger partial charge is 0.0830 e. The van der Waals surface area contributed by atoms with E-state index in [1.807, 2.05) is 10.9 Å². The lowest BCUT2D eigenvalue weighted by Crippen LogP contribution is -2.12. The molecule has 0 atom stereocenters. The summed E-state index contributed by atoms with van der Waals surface area (Å²) >= 11 is 0. The van der Waals surface area contributed by atoms with Gasteiger partial charge in [0.05, 0.1) is 5.69 Å². The monoisotopic (exact) mass is 271 g/mol. The zero-order valence-electron chi connectivity index (χ0n) is 13.3. The number of benzene rings is 1. The van der Waals surface area contributed by atoms with Crippen molar-refractivity contribution in [1.82, 2.24) is 15.0 Å². The normalized spacial score (nSPS) is 11.8. The predicted octanol–water partition coefficient (Wildman–Crippen LogP) is 3.69. The summed E-state index contributed by atoms with van der Waals surface area (Å²) in [6.07, 6.45) is 4.02. The van der Waals surface area contributed by atoms with E-state index in [1.165, 1.54) is 16.7 Å². The molecule has 1 aromatic heterocycles. The first-order valence-corrected chi connectivity index (χ1v) is 7.39. The van der Waals surface area contributed by atoms with Gasteiger partial charge in [-0.15, -0.1) is 5.10 Å². The fourth-order valence-electron chi connectivity index (χ4n) is 2.28. The van der Waals surface area contributed by atoms with Gasteiger partial charge >= 0.3 is 0 Å². The van der Waals surface area contributed by atoms with Crippen LogP contribution in [-0.2, 0) is 24.8 Å². The second-order valence-corrected chi connectivity index (χ2v) is 6.46. The molecular formula is C17H25N3. The molecule has 1 aromatic carbocycles. The van der Waals surface area contributed by atoms with Crippen LogP contribution in [0.2, 0.25) is 0 Å². The molecule has 0 N–H and O–H groups in total. The molecular weight excluding hydrogens is 246 g/mol. The second-order valence-electron chi connectivity index (χ2n) is 6.46. The van der Waals surface area contributed by atoms with Gasteiger partial charge in [0.2, 0.25) is 0 Å². The molecule has 0 aliphatic heterocycles. The van der Waals surface area contributed by atoms with Gasteiger partial charge in [-0.25, -0.2) is 0 Å². The third-order valence-electron chi connectivity index (χ3n) is 3.78. The molecule has 0 aliphatic carbocycles. The maximum atomic E-state index is 4.22. The summed E-state index contributed by atoms with van der Waals surface area (Å²) in [4.78, 5) is 0. The van der Waals surface area contributed by atoms with Gasteiger partial charge in [0.1, 0.15) is 0 Å². The molecule has 0 saturated heterocycles. The van der Waals surface area contributed by atoms with Crippen molar-refractivity contribution in [3.63, 3.8) is 0 Å². The van der Waals surface area contributed by atoms with Crippen LogP contribution in [-0.4, -0.2) is 15.0 Å². The van der Waals surface area contributed by atoms with Crippen LogP contribution in [0, 0.1) is 6.92 Å². The van der Waals surface area contributed by atoms with Gasteiger partial charge in [-0.3, -0.25) is 4.68 Å². The van der Waals surface area contributed by atoms with Gasteiger partial charge in [0.25, 0.3) is 0 Å². The van der Waals surface area contributed by atoms with Gasteiger partial charge in [0, 0.05) is 12.7 Å². The molecule has 1 heterocycles. The van der Waals surface area contributed by atoms with Gasteiger partial charge in [-0.1, -0.05) is 44.2 Å². The standard InChI is InChI=1S/C17H25N3/c1-6-20-12-16(18-19-20)10-8-14-11-15(17(3,4)5)9-7-13(14)2/h7,9,11-12H,6,8,10H2,1-5H3. The molecule has 3 heteroatoms. The minimum atomic E-state index is 0.202. The van der Waals surface area contributed by atoms with E-state index in [0.717, 1.165) is 25.1 Å². The maximum absolute atomic E-state index is 4.22. The third-order valence-corrected chi connectivity index (χ3v) is 3.78. The molecule has 108 valence electrons. The Kier molecular flexibility index (Phi) is 4.26. The average molecular weight is 271 g/mol. The summed E-state index contributed by atoms with van der Waals surface area (Å²) in [7, 11) is 0. The van der Waals surface area contributed by atoms with Crippen LogP contribution in [0.5, 0.6) is 0 Å². The number of nitrogens with zero attached hydrogens (tertiary/aromatic N) is 3. The van der Waals surface area contributed by atoms with Crippen molar-refractivity contribution in [3.8, 4) is 0 Å². The number of aryl methyl sites for hydroxylation is 4. The summed E-state index contributed by atoms with van der Waals surface area (Å²) < 4.78 is 1.88. The fourth-order valence-corrected chi connectivity index (χ4v) is 2.28. The van der Waals surface area contributed by atoms with Crippen molar-refractivity contribution in [2.24, 2.45) is 0 Å². The fraction of sp³-hybridized carbons (Fsp3) is 0.529. The SMILES string of the molecule is CCn1cc(CCc2cc(C(C)(C)C)ccc2C)nn1. The highest BCUT2D eigenvalue weighted by Crippen LogP contribution is 2.25.